The standard InChI is InChI=1S/C11H14FNO/c1-8(13-6-11(14)7-13)9-3-2-4-10(12)5-9/h2-5,8,11,14H,6-7H2,1H3/t8-/m1/s1. The molecule has 0 unspecified atom stereocenters. The number of benzene rings is 1. The third-order valence-corrected chi connectivity index (χ3v) is 2.77. The molecule has 1 atom stereocenters. The van der Waals surface area contributed by atoms with E-state index in [1.54, 1.807) is 12.1 Å². The van der Waals surface area contributed by atoms with E-state index in [9.17, 15) is 4.39 Å². The molecule has 76 valence electrons. The highest BCUT2D eigenvalue weighted by Crippen LogP contribution is 2.25. The average molecular weight is 195 g/mol. The lowest BCUT2D eigenvalue weighted by Gasteiger charge is -2.40. The maximum Gasteiger partial charge on any atom is 0.123 e. The van der Waals surface area contributed by atoms with Crippen LogP contribution in [-0.4, -0.2) is 29.2 Å². The third kappa shape index (κ3) is 1.79. The van der Waals surface area contributed by atoms with Crippen molar-refractivity contribution >= 4 is 0 Å². The maximum atomic E-state index is 12.9. The lowest BCUT2D eigenvalue weighted by atomic mass is 10.0. The van der Waals surface area contributed by atoms with Gasteiger partial charge in [0, 0.05) is 19.1 Å². The second-order valence-electron chi connectivity index (χ2n) is 3.84. The molecule has 1 aromatic carbocycles. The molecule has 0 radical (unpaired) electrons. The number of aliphatic hydroxyl groups is 1. The first-order chi connectivity index (χ1) is 6.66. The summed E-state index contributed by atoms with van der Waals surface area (Å²) in [5.74, 6) is -0.199. The van der Waals surface area contributed by atoms with Gasteiger partial charge in [-0.25, -0.2) is 4.39 Å². The second kappa shape index (κ2) is 3.67. The Morgan fingerprint density at radius 1 is 1.50 bits per heavy atom. The van der Waals surface area contributed by atoms with Crippen molar-refractivity contribution in [1.29, 1.82) is 0 Å². The van der Waals surface area contributed by atoms with Crippen LogP contribution in [0.25, 0.3) is 0 Å². The fourth-order valence-electron chi connectivity index (χ4n) is 1.78. The summed E-state index contributed by atoms with van der Waals surface area (Å²) in [6.07, 6.45) is -0.203. The summed E-state index contributed by atoms with van der Waals surface area (Å²) >= 11 is 0. The molecule has 1 N–H and O–H groups in total. The summed E-state index contributed by atoms with van der Waals surface area (Å²) < 4.78 is 12.9. The van der Waals surface area contributed by atoms with Gasteiger partial charge >= 0.3 is 0 Å². The Morgan fingerprint density at radius 2 is 2.21 bits per heavy atom. The maximum absolute atomic E-state index is 12.9. The predicted molar refractivity (Wildman–Crippen MR) is 52.4 cm³/mol. The molecular formula is C11H14FNO. The van der Waals surface area contributed by atoms with Crippen molar-refractivity contribution in [2.45, 2.75) is 19.1 Å². The molecule has 14 heavy (non-hydrogen) atoms. The van der Waals surface area contributed by atoms with E-state index in [-0.39, 0.29) is 18.0 Å². The van der Waals surface area contributed by atoms with E-state index in [1.807, 2.05) is 13.0 Å². The molecule has 0 bridgehead atoms. The number of aliphatic hydroxyl groups excluding tert-OH is 1. The molecule has 0 aromatic heterocycles. The fraction of sp³-hybridized carbons (Fsp3) is 0.455. The Bertz CT molecular complexity index is 323. The van der Waals surface area contributed by atoms with Crippen molar-refractivity contribution in [2.75, 3.05) is 13.1 Å². The number of likely N-dealkylation sites (tertiary alicyclic amines) is 1. The van der Waals surface area contributed by atoms with Crippen LogP contribution in [0.15, 0.2) is 24.3 Å². The number of β-amino-alcohol motifs (C(OH)–C–C–N with tert-alkyl or cyclic N) is 1. The van der Waals surface area contributed by atoms with E-state index < -0.39 is 0 Å². The predicted octanol–water partition coefficient (Wildman–Crippen LogP) is 1.56. The first-order valence-electron chi connectivity index (χ1n) is 4.84. The second-order valence-corrected chi connectivity index (χ2v) is 3.84. The number of rotatable bonds is 2. The monoisotopic (exact) mass is 195 g/mol. The molecule has 0 aliphatic carbocycles. The van der Waals surface area contributed by atoms with Gasteiger partial charge in [-0.05, 0) is 24.6 Å². The van der Waals surface area contributed by atoms with Crippen LogP contribution in [0.4, 0.5) is 4.39 Å². The largest absolute Gasteiger partial charge is 0.390 e. The Morgan fingerprint density at radius 3 is 2.79 bits per heavy atom. The minimum absolute atomic E-state index is 0.189. The Hall–Kier alpha value is -0.930. The minimum atomic E-state index is -0.203. The van der Waals surface area contributed by atoms with Crippen molar-refractivity contribution in [1.82, 2.24) is 4.90 Å². The molecule has 0 spiro atoms. The number of nitrogens with zero attached hydrogens (tertiary/aromatic N) is 1. The van der Waals surface area contributed by atoms with Gasteiger partial charge < -0.3 is 5.11 Å². The van der Waals surface area contributed by atoms with Crippen molar-refractivity contribution in [3.63, 3.8) is 0 Å². The van der Waals surface area contributed by atoms with Gasteiger partial charge in [0.15, 0.2) is 0 Å². The molecule has 1 saturated heterocycles. The Kier molecular flexibility index (Phi) is 2.52. The van der Waals surface area contributed by atoms with E-state index >= 15 is 0 Å². The van der Waals surface area contributed by atoms with Crippen LogP contribution in [0.1, 0.15) is 18.5 Å². The highest BCUT2D eigenvalue weighted by Gasteiger charge is 2.29. The van der Waals surface area contributed by atoms with Crippen LogP contribution in [0.3, 0.4) is 0 Å². The Balaban J connectivity index is 2.07. The fourth-order valence-corrected chi connectivity index (χ4v) is 1.78. The summed E-state index contributed by atoms with van der Waals surface area (Å²) in [6.45, 7) is 3.41. The number of hydrogen-bond donors (Lipinski definition) is 1. The Labute approximate surface area is 83.0 Å². The lowest BCUT2D eigenvalue weighted by molar-refractivity contribution is -0.0211. The average Bonchev–Trinajstić information content (AvgIpc) is 2.12. The number of hydrogen-bond acceptors (Lipinski definition) is 2. The van der Waals surface area contributed by atoms with Crippen molar-refractivity contribution < 1.29 is 9.50 Å². The van der Waals surface area contributed by atoms with Gasteiger partial charge in [-0.15, -0.1) is 0 Å². The first kappa shape index (κ1) is 9.62. The van der Waals surface area contributed by atoms with Crippen LogP contribution in [0.5, 0.6) is 0 Å². The summed E-state index contributed by atoms with van der Waals surface area (Å²) in [4.78, 5) is 2.12. The molecule has 1 fully saturated rings. The molecule has 2 rings (SSSR count). The van der Waals surface area contributed by atoms with E-state index in [0.717, 1.165) is 5.56 Å². The molecule has 1 aromatic rings. The van der Waals surface area contributed by atoms with Crippen molar-refractivity contribution in [3.8, 4) is 0 Å². The normalized spacial score (nSPS) is 20.5. The quantitative estimate of drug-likeness (QED) is 0.774. The lowest BCUT2D eigenvalue weighted by Crippen LogP contribution is -2.51. The molecule has 3 heteroatoms. The molecule has 1 heterocycles. The zero-order valence-electron chi connectivity index (χ0n) is 8.15. The smallest absolute Gasteiger partial charge is 0.123 e. The molecule has 1 aliphatic heterocycles. The zero-order valence-corrected chi connectivity index (χ0v) is 8.15. The third-order valence-electron chi connectivity index (χ3n) is 2.77. The van der Waals surface area contributed by atoms with Crippen LogP contribution in [0, 0.1) is 5.82 Å². The van der Waals surface area contributed by atoms with Crippen molar-refractivity contribution in [3.05, 3.63) is 35.6 Å². The number of halogens is 1. The highest BCUT2D eigenvalue weighted by molar-refractivity contribution is 5.20. The van der Waals surface area contributed by atoms with E-state index in [4.69, 9.17) is 5.11 Å². The van der Waals surface area contributed by atoms with Gasteiger partial charge in [-0.3, -0.25) is 4.90 Å². The van der Waals surface area contributed by atoms with Crippen LogP contribution < -0.4 is 0 Å². The van der Waals surface area contributed by atoms with E-state index in [0.29, 0.717) is 13.1 Å². The summed E-state index contributed by atoms with van der Waals surface area (Å²) in [6, 6.07) is 6.82. The van der Waals surface area contributed by atoms with Crippen LogP contribution >= 0.6 is 0 Å². The van der Waals surface area contributed by atoms with Gasteiger partial charge in [0.2, 0.25) is 0 Å². The first-order valence-corrected chi connectivity index (χ1v) is 4.84. The molecule has 0 saturated carbocycles. The van der Waals surface area contributed by atoms with Gasteiger partial charge in [0.1, 0.15) is 5.82 Å². The molecular weight excluding hydrogens is 181 g/mol. The van der Waals surface area contributed by atoms with Crippen LogP contribution in [0.2, 0.25) is 0 Å². The van der Waals surface area contributed by atoms with E-state index in [1.165, 1.54) is 6.07 Å². The van der Waals surface area contributed by atoms with Gasteiger partial charge in [0.25, 0.3) is 0 Å². The highest BCUT2D eigenvalue weighted by atomic mass is 19.1. The van der Waals surface area contributed by atoms with Crippen LogP contribution in [-0.2, 0) is 0 Å². The molecule has 0 amide bonds. The summed E-state index contributed by atoms with van der Waals surface area (Å²) in [5, 5.41) is 9.15. The van der Waals surface area contributed by atoms with Gasteiger partial charge in [-0.1, -0.05) is 12.1 Å². The minimum Gasteiger partial charge on any atom is -0.390 e. The van der Waals surface area contributed by atoms with E-state index in [2.05, 4.69) is 4.90 Å². The SMILES string of the molecule is C[C@H](c1cccc(F)c1)N1CC(O)C1. The molecule has 2 nitrogen and oxygen atoms in total. The molecule has 1 aliphatic rings. The summed E-state index contributed by atoms with van der Waals surface area (Å²) in [5.41, 5.74) is 0.969. The zero-order chi connectivity index (χ0) is 10.1. The topological polar surface area (TPSA) is 23.5 Å². The summed E-state index contributed by atoms with van der Waals surface area (Å²) in [7, 11) is 0. The van der Waals surface area contributed by atoms with Gasteiger partial charge in [-0.2, -0.15) is 0 Å². The van der Waals surface area contributed by atoms with Crippen molar-refractivity contribution in [2.24, 2.45) is 0 Å². The van der Waals surface area contributed by atoms with Gasteiger partial charge in [0.05, 0.1) is 6.10 Å².